The molecule has 0 spiro atoms. The van der Waals surface area contributed by atoms with Crippen LogP contribution in [0.2, 0.25) is 0 Å². The number of hydrogen-bond donors (Lipinski definition) is 6. The first-order valence-electron chi connectivity index (χ1n) is 11.7. The zero-order valence-corrected chi connectivity index (χ0v) is 19.9. The van der Waals surface area contributed by atoms with Crippen molar-refractivity contribution in [3.63, 3.8) is 0 Å². The quantitative estimate of drug-likeness (QED) is 0.0975. The Morgan fingerprint density at radius 3 is 2.20 bits per heavy atom. The minimum atomic E-state index is -1.20. The van der Waals surface area contributed by atoms with Crippen molar-refractivity contribution in [3.8, 4) is 0 Å². The van der Waals surface area contributed by atoms with Gasteiger partial charge in [0.15, 0.2) is 5.96 Å². The number of aliphatic carboxylic acids is 1. The molecule has 2 rings (SSSR count). The van der Waals surface area contributed by atoms with Gasteiger partial charge in [-0.2, -0.15) is 0 Å². The van der Waals surface area contributed by atoms with Crippen LogP contribution in [-0.2, 0) is 24.0 Å². The third-order valence-electron chi connectivity index (χ3n) is 6.08. The first kappa shape index (κ1) is 27.8. The molecule has 2 fully saturated rings. The summed E-state index contributed by atoms with van der Waals surface area (Å²) in [5.74, 6) is -3.10. The summed E-state index contributed by atoms with van der Waals surface area (Å²) in [7, 11) is 0. The number of aliphatic imine (C=N–C) groups is 1. The summed E-state index contributed by atoms with van der Waals surface area (Å²) < 4.78 is 0. The van der Waals surface area contributed by atoms with Crippen LogP contribution >= 0.6 is 0 Å². The average molecular weight is 497 g/mol. The van der Waals surface area contributed by atoms with Crippen molar-refractivity contribution < 1.29 is 29.1 Å². The summed E-state index contributed by atoms with van der Waals surface area (Å²) in [6.07, 6.45) is 2.55. The summed E-state index contributed by atoms with van der Waals surface area (Å²) in [6.45, 7) is 2.19. The molecular formula is C21H36N8O6. The molecule has 35 heavy (non-hydrogen) atoms. The molecule has 2 heterocycles. The van der Waals surface area contributed by atoms with Crippen molar-refractivity contribution >= 4 is 35.6 Å². The molecule has 9 N–H and O–H groups in total. The van der Waals surface area contributed by atoms with E-state index >= 15 is 0 Å². The van der Waals surface area contributed by atoms with Crippen molar-refractivity contribution in [2.45, 2.75) is 69.6 Å². The minimum absolute atomic E-state index is 0.103. The van der Waals surface area contributed by atoms with Gasteiger partial charge in [0.2, 0.25) is 23.6 Å². The van der Waals surface area contributed by atoms with E-state index < -0.39 is 47.9 Å². The first-order chi connectivity index (χ1) is 16.5. The number of rotatable bonds is 11. The Morgan fingerprint density at radius 2 is 1.63 bits per heavy atom. The molecule has 2 saturated heterocycles. The number of nitrogens with one attached hydrogen (secondary N) is 2. The number of amides is 4. The van der Waals surface area contributed by atoms with Crippen molar-refractivity contribution in [3.05, 3.63) is 0 Å². The zero-order valence-electron chi connectivity index (χ0n) is 19.9. The Morgan fingerprint density at radius 1 is 1.03 bits per heavy atom. The van der Waals surface area contributed by atoms with Crippen LogP contribution in [0.3, 0.4) is 0 Å². The Hall–Kier alpha value is -3.42. The topological polar surface area (TPSA) is 227 Å². The number of guanidine groups is 1. The van der Waals surface area contributed by atoms with E-state index in [2.05, 4.69) is 15.6 Å². The number of nitrogens with two attached hydrogens (primary N) is 3. The predicted octanol–water partition coefficient (Wildman–Crippen LogP) is -2.95. The van der Waals surface area contributed by atoms with Gasteiger partial charge in [-0.25, -0.2) is 4.79 Å². The third-order valence-corrected chi connectivity index (χ3v) is 6.08. The van der Waals surface area contributed by atoms with Crippen LogP contribution in [0.15, 0.2) is 4.99 Å². The van der Waals surface area contributed by atoms with Crippen molar-refractivity contribution in [1.82, 2.24) is 20.4 Å². The maximum atomic E-state index is 12.8. The molecule has 2 aliphatic heterocycles. The second-order valence-corrected chi connectivity index (χ2v) is 8.79. The van der Waals surface area contributed by atoms with Gasteiger partial charge in [0.05, 0.1) is 12.6 Å². The molecule has 2 aliphatic rings. The van der Waals surface area contributed by atoms with E-state index in [1.54, 1.807) is 6.92 Å². The second-order valence-electron chi connectivity index (χ2n) is 8.79. The monoisotopic (exact) mass is 496 g/mol. The fourth-order valence-electron chi connectivity index (χ4n) is 4.31. The predicted molar refractivity (Wildman–Crippen MR) is 126 cm³/mol. The van der Waals surface area contributed by atoms with Crippen LogP contribution in [0.5, 0.6) is 0 Å². The number of nitrogens with zero attached hydrogens (tertiary/aromatic N) is 3. The number of likely N-dealkylation sites (tertiary alicyclic amines) is 2. The molecule has 0 aromatic rings. The summed E-state index contributed by atoms with van der Waals surface area (Å²) in [5, 5.41) is 14.5. The fourth-order valence-corrected chi connectivity index (χ4v) is 4.31. The maximum absolute atomic E-state index is 12.8. The molecule has 14 heteroatoms. The summed E-state index contributed by atoms with van der Waals surface area (Å²) in [4.78, 5) is 68.5. The van der Waals surface area contributed by atoms with Gasteiger partial charge < -0.3 is 42.7 Å². The third kappa shape index (κ3) is 7.80. The minimum Gasteiger partial charge on any atom is -0.480 e. The van der Waals surface area contributed by atoms with Crippen molar-refractivity contribution in [2.24, 2.45) is 22.2 Å². The van der Waals surface area contributed by atoms with Gasteiger partial charge in [-0.15, -0.1) is 0 Å². The van der Waals surface area contributed by atoms with E-state index in [0.717, 1.165) is 0 Å². The Balaban J connectivity index is 1.90. The summed E-state index contributed by atoms with van der Waals surface area (Å²) in [5.41, 5.74) is 16.1. The highest BCUT2D eigenvalue weighted by molar-refractivity contribution is 5.94. The van der Waals surface area contributed by atoms with E-state index in [1.807, 2.05) is 0 Å². The highest BCUT2D eigenvalue weighted by atomic mass is 16.4. The normalized spacial score (nSPS) is 21.2. The second kappa shape index (κ2) is 12.9. The van der Waals surface area contributed by atoms with Crippen LogP contribution in [0, 0.1) is 0 Å². The smallest absolute Gasteiger partial charge is 0.326 e. The van der Waals surface area contributed by atoms with Crippen LogP contribution in [0.1, 0.15) is 45.4 Å². The van der Waals surface area contributed by atoms with E-state index in [-0.39, 0.29) is 31.4 Å². The molecule has 14 nitrogen and oxygen atoms in total. The van der Waals surface area contributed by atoms with Gasteiger partial charge in [-0.05, 0) is 45.4 Å². The number of hydrogen-bond acceptors (Lipinski definition) is 7. The number of carbonyl (C=O) groups is 5. The molecule has 0 bridgehead atoms. The molecule has 196 valence electrons. The molecule has 4 atom stereocenters. The van der Waals surface area contributed by atoms with Gasteiger partial charge in [-0.3, -0.25) is 24.2 Å². The van der Waals surface area contributed by atoms with Crippen molar-refractivity contribution in [1.29, 1.82) is 0 Å². The lowest BCUT2D eigenvalue weighted by Gasteiger charge is -2.27. The number of carbonyl (C=O) groups excluding carboxylic acids is 4. The molecule has 0 radical (unpaired) electrons. The van der Waals surface area contributed by atoms with Crippen LogP contribution in [0.4, 0.5) is 0 Å². The van der Waals surface area contributed by atoms with Gasteiger partial charge in [0.1, 0.15) is 18.1 Å². The van der Waals surface area contributed by atoms with Gasteiger partial charge in [0.25, 0.3) is 0 Å². The van der Waals surface area contributed by atoms with E-state index in [9.17, 15) is 29.1 Å². The Bertz CT molecular complexity index is 844. The highest BCUT2D eigenvalue weighted by Crippen LogP contribution is 2.20. The number of carboxylic acids is 1. The largest absolute Gasteiger partial charge is 0.480 e. The molecular weight excluding hydrogens is 460 g/mol. The summed E-state index contributed by atoms with van der Waals surface area (Å²) in [6, 6.07) is -3.39. The average Bonchev–Trinajstić information content (AvgIpc) is 3.48. The lowest BCUT2D eigenvalue weighted by atomic mass is 10.1. The molecule has 0 aromatic carbocycles. The van der Waals surface area contributed by atoms with Gasteiger partial charge in [-0.1, -0.05) is 0 Å². The lowest BCUT2D eigenvalue weighted by Crippen LogP contribution is -2.54. The SMILES string of the molecule is C[C@H](N)C(=O)N1CCC[C@H]1C(=O)NCC(=O)N1CCC[C@H]1C(=O)N[C@@H](CCCN=C(N)N)C(=O)O. The van der Waals surface area contributed by atoms with Crippen LogP contribution in [0.25, 0.3) is 0 Å². The van der Waals surface area contributed by atoms with E-state index in [4.69, 9.17) is 17.2 Å². The summed E-state index contributed by atoms with van der Waals surface area (Å²) >= 11 is 0. The maximum Gasteiger partial charge on any atom is 0.326 e. The molecule has 0 unspecified atom stereocenters. The Labute approximate surface area is 203 Å². The van der Waals surface area contributed by atoms with Gasteiger partial charge >= 0.3 is 5.97 Å². The fraction of sp³-hybridized carbons (Fsp3) is 0.714. The van der Waals surface area contributed by atoms with Crippen LogP contribution in [-0.4, -0.2) is 101 Å². The highest BCUT2D eigenvalue weighted by Gasteiger charge is 2.38. The standard InChI is InChI=1S/C21H36N8O6/c1-12(22)19(33)29-10-4-6-14(29)17(31)26-11-16(30)28-9-3-7-15(28)18(32)27-13(20(34)35)5-2-8-25-21(23)24/h12-15H,2-11,22H2,1H3,(H,26,31)(H,27,32)(H,34,35)(H4,23,24,25)/t12-,13-,14-,15-/m0/s1. The molecule has 0 aromatic heterocycles. The zero-order chi connectivity index (χ0) is 26.1. The van der Waals surface area contributed by atoms with Gasteiger partial charge in [0, 0.05) is 19.6 Å². The van der Waals surface area contributed by atoms with Crippen LogP contribution < -0.4 is 27.8 Å². The Kier molecular flexibility index (Phi) is 10.2. The van der Waals surface area contributed by atoms with E-state index in [0.29, 0.717) is 45.2 Å². The molecule has 0 aliphatic carbocycles. The first-order valence-corrected chi connectivity index (χ1v) is 11.7. The molecule has 0 saturated carbocycles. The molecule has 4 amide bonds. The van der Waals surface area contributed by atoms with Crippen molar-refractivity contribution in [2.75, 3.05) is 26.2 Å². The van der Waals surface area contributed by atoms with E-state index in [1.165, 1.54) is 9.80 Å². The number of carboxylic acid groups (broad SMARTS) is 1. The lowest BCUT2D eigenvalue weighted by molar-refractivity contribution is -0.144.